The largest absolute Gasteiger partial charge is 0.255 e. The van der Waals surface area contributed by atoms with Crippen LogP contribution >= 0.6 is 31.9 Å². The van der Waals surface area contributed by atoms with Crippen molar-refractivity contribution < 1.29 is 0 Å². The van der Waals surface area contributed by atoms with Gasteiger partial charge in [-0.2, -0.15) is 0 Å². The monoisotopic (exact) mass is 465 g/mol. The third-order valence-electron chi connectivity index (χ3n) is 3.96. The van der Waals surface area contributed by atoms with E-state index in [0.717, 1.165) is 43.0 Å². The van der Waals surface area contributed by atoms with Crippen molar-refractivity contribution in [1.82, 2.24) is 15.0 Å². The van der Waals surface area contributed by atoms with E-state index in [1.165, 1.54) is 0 Å². The number of aromatic nitrogens is 3. The molecule has 3 nitrogen and oxygen atoms in total. The van der Waals surface area contributed by atoms with Gasteiger partial charge >= 0.3 is 0 Å². The van der Waals surface area contributed by atoms with Gasteiger partial charge in [0.15, 0.2) is 0 Å². The van der Waals surface area contributed by atoms with Crippen LogP contribution in [-0.4, -0.2) is 15.0 Å². The predicted molar refractivity (Wildman–Crippen MR) is 112 cm³/mol. The van der Waals surface area contributed by atoms with Gasteiger partial charge < -0.3 is 0 Å². The van der Waals surface area contributed by atoms with Crippen LogP contribution in [0, 0.1) is 0 Å². The first-order valence-electron chi connectivity index (χ1n) is 8.02. The number of pyridine rings is 3. The van der Waals surface area contributed by atoms with E-state index in [0.29, 0.717) is 0 Å². The Hall–Kier alpha value is -2.37. The minimum absolute atomic E-state index is 0.762. The molecule has 126 valence electrons. The maximum absolute atomic E-state index is 4.68. The second-order valence-corrected chi connectivity index (χ2v) is 7.30. The summed E-state index contributed by atoms with van der Waals surface area (Å²) >= 11 is 6.92. The van der Waals surface area contributed by atoms with Crippen molar-refractivity contribution in [3.05, 3.63) is 88.2 Å². The number of nitrogens with zero attached hydrogens (tertiary/aromatic N) is 3. The van der Waals surface area contributed by atoms with Crippen LogP contribution in [0.25, 0.3) is 33.8 Å². The number of benzene rings is 1. The molecule has 0 fully saturated rings. The average molecular weight is 467 g/mol. The van der Waals surface area contributed by atoms with Crippen molar-refractivity contribution in [2.45, 2.75) is 0 Å². The van der Waals surface area contributed by atoms with Crippen LogP contribution in [-0.2, 0) is 0 Å². The highest BCUT2D eigenvalue weighted by atomic mass is 79.9. The minimum atomic E-state index is 0.762. The van der Waals surface area contributed by atoms with Crippen LogP contribution in [0.5, 0.6) is 0 Å². The summed E-state index contributed by atoms with van der Waals surface area (Å²) in [6, 6.07) is 24.1. The Labute approximate surface area is 168 Å². The lowest BCUT2D eigenvalue weighted by atomic mass is 10.0. The molecule has 3 heterocycles. The zero-order valence-corrected chi connectivity index (χ0v) is 16.8. The third kappa shape index (κ3) is 3.59. The zero-order chi connectivity index (χ0) is 17.9. The lowest BCUT2D eigenvalue weighted by Crippen LogP contribution is -1.95. The molecule has 3 aromatic heterocycles. The molecule has 0 aliphatic heterocycles. The Balaban J connectivity index is 1.87. The summed E-state index contributed by atoms with van der Waals surface area (Å²) in [7, 11) is 0. The van der Waals surface area contributed by atoms with Gasteiger partial charge in [0.2, 0.25) is 0 Å². The van der Waals surface area contributed by atoms with Gasteiger partial charge in [0.05, 0.1) is 17.1 Å². The van der Waals surface area contributed by atoms with Gasteiger partial charge in [0.1, 0.15) is 9.21 Å². The maximum Gasteiger partial charge on any atom is 0.106 e. The summed E-state index contributed by atoms with van der Waals surface area (Å²) in [5.74, 6) is 0. The molecule has 0 amide bonds. The van der Waals surface area contributed by atoms with E-state index in [1.54, 1.807) is 0 Å². The molecule has 0 N–H and O–H groups in total. The maximum atomic E-state index is 4.68. The Morgan fingerprint density at radius 3 is 2.23 bits per heavy atom. The topological polar surface area (TPSA) is 38.7 Å². The van der Waals surface area contributed by atoms with Crippen LogP contribution in [0.3, 0.4) is 0 Å². The van der Waals surface area contributed by atoms with Crippen molar-refractivity contribution in [3.63, 3.8) is 0 Å². The molecule has 0 aliphatic carbocycles. The molecule has 0 unspecified atom stereocenters. The number of rotatable bonds is 3. The summed E-state index contributed by atoms with van der Waals surface area (Å²) < 4.78 is 1.55. The fraction of sp³-hybridized carbons (Fsp3) is 0. The standard InChI is InChI=1S/C21H13Br2N3/c22-19-8-4-7-17(25-19)16-9-10-20(23)26-21(16)18-13-15(11-12-24-18)14-5-2-1-3-6-14/h1-13H. The van der Waals surface area contributed by atoms with Crippen molar-refractivity contribution in [2.24, 2.45) is 0 Å². The predicted octanol–water partition coefficient (Wildman–Crippen LogP) is 6.40. The van der Waals surface area contributed by atoms with Crippen LogP contribution in [0.1, 0.15) is 0 Å². The van der Waals surface area contributed by atoms with Gasteiger partial charge in [-0.15, -0.1) is 0 Å². The lowest BCUT2D eigenvalue weighted by molar-refractivity contribution is 1.20. The van der Waals surface area contributed by atoms with E-state index in [2.05, 4.69) is 65.0 Å². The molecule has 0 spiro atoms. The second kappa shape index (κ2) is 7.48. The Bertz CT molecular complexity index is 1070. The van der Waals surface area contributed by atoms with Gasteiger partial charge in [0.25, 0.3) is 0 Å². The van der Waals surface area contributed by atoms with Crippen LogP contribution in [0.2, 0.25) is 0 Å². The van der Waals surface area contributed by atoms with Crippen molar-refractivity contribution in [3.8, 4) is 33.8 Å². The fourth-order valence-electron chi connectivity index (χ4n) is 2.77. The first-order valence-corrected chi connectivity index (χ1v) is 9.60. The highest BCUT2D eigenvalue weighted by molar-refractivity contribution is 9.10. The van der Waals surface area contributed by atoms with Crippen molar-refractivity contribution in [1.29, 1.82) is 0 Å². The molecule has 4 rings (SSSR count). The third-order valence-corrected chi connectivity index (χ3v) is 4.85. The first kappa shape index (κ1) is 17.1. The van der Waals surface area contributed by atoms with Gasteiger partial charge in [-0.3, -0.25) is 4.98 Å². The Morgan fingerprint density at radius 1 is 0.615 bits per heavy atom. The summed E-state index contributed by atoms with van der Waals surface area (Å²) in [5, 5.41) is 0. The Kier molecular flexibility index (Phi) is 4.91. The van der Waals surface area contributed by atoms with E-state index in [4.69, 9.17) is 0 Å². The number of hydrogen-bond donors (Lipinski definition) is 0. The van der Waals surface area contributed by atoms with E-state index in [-0.39, 0.29) is 0 Å². The van der Waals surface area contributed by atoms with Gasteiger partial charge in [-0.25, -0.2) is 9.97 Å². The second-order valence-electron chi connectivity index (χ2n) is 5.67. The molecule has 0 radical (unpaired) electrons. The number of halogens is 2. The van der Waals surface area contributed by atoms with E-state index in [9.17, 15) is 0 Å². The minimum Gasteiger partial charge on any atom is -0.255 e. The molecule has 0 saturated carbocycles. The molecular weight excluding hydrogens is 454 g/mol. The van der Waals surface area contributed by atoms with Gasteiger partial charge in [-0.1, -0.05) is 36.4 Å². The molecule has 0 bridgehead atoms. The summed E-state index contributed by atoms with van der Waals surface area (Å²) in [6.45, 7) is 0. The highest BCUT2D eigenvalue weighted by Crippen LogP contribution is 2.32. The van der Waals surface area contributed by atoms with E-state index < -0.39 is 0 Å². The van der Waals surface area contributed by atoms with E-state index >= 15 is 0 Å². The van der Waals surface area contributed by atoms with Crippen LogP contribution in [0.15, 0.2) is 88.2 Å². The normalized spacial score (nSPS) is 10.7. The van der Waals surface area contributed by atoms with Gasteiger partial charge in [0, 0.05) is 11.8 Å². The fourth-order valence-corrected chi connectivity index (χ4v) is 3.42. The quantitative estimate of drug-likeness (QED) is 0.328. The molecule has 0 atom stereocenters. The first-order chi connectivity index (χ1) is 12.7. The molecule has 4 aromatic rings. The van der Waals surface area contributed by atoms with Crippen molar-refractivity contribution >= 4 is 31.9 Å². The molecule has 26 heavy (non-hydrogen) atoms. The van der Waals surface area contributed by atoms with E-state index in [1.807, 2.05) is 60.8 Å². The average Bonchev–Trinajstić information content (AvgIpc) is 2.69. The molecule has 1 aromatic carbocycles. The summed E-state index contributed by atoms with van der Waals surface area (Å²) in [5.41, 5.74) is 5.64. The Morgan fingerprint density at radius 2 is 1.42 bits per heavy atom. The highest BCUT2D eigenvalue weighted by Gasteiger charge is 2.13. The summed E-state index contributed by atoms with van der Waals surface area (Å²) in [4.78, 5) is 13.8. The van der Waals surface area contributed by atoms with Crippen LogP contribution < -0.4 is 0 Å². The SMILES string of the molecule is Brc1cccc(-c2ccc(Br)nc2-c2cc(-c3ccccc3)ccn2)n1. The molecule has 5 heteroatoms. The summed E-state index contributed by atoms with van der Waals surface area (Å²) in [6.07, 6.45) is 1.82. The molecule has 0 saturated heterocycles. The lowest BCUT2D eigenvalue weighted by Gasteiger charge is -2.10. The van der Waals surface area contributed by atoms with Gasteiger partial charge in [-0.05, 0) is 79.4 Å². The van der Waals surface area contributed by atoms with Crippen molar-refractivity contribution in [2.75, 3.05) is 0 Å². The zero-order valence-electron chi connectivity index (χ0n) is 13.6. The van der Waals surface area contributed by atoms with Crippen LogP contribution in [0.4, 0.5) is 0 Å². The molecular formula is C21H13Br2N3. The smallest absolute Gasteiger partial charge is 0.106 e. The number of hydrogen-bond acceptors (Lipinski definition) is 3. The molecule has 0 aliphatic rings.